The number of nitrogens with one attached hydrogen (secondary N) is 1. The number of ether oxygens (including phenoxy) is 2. The van der Waals surface area contributed by atoms with Gasteiger partial charge in [0.15, 0.2) is 0 Å². The summed E-state index contributed by atoms with van der Waals surface area (Å²) in [5, 5.41) is 24.8. The number of carboxylic acids is 1. The number of nitrogens with two attached hydrogens (primary N) is 1. The summed E-state index contributed by atoms with van der Waals surface area (Å²) < 4.78 is 9.77. The first-order valence-corrected chi connectivity index (χ1v) is 16.1. The summed E-state index contributed by atoms with van der Waals surface area (Å²) in [5.41, 5.74) is 1.72. The monoisotopic (exact) mass is 676 g/mol. The lowest BCUT2D eigenvalue weighted by Crippen LogP contribution is -2.79. The molecule has 5 atom stereocenters. The van der Waals surface area contributed by atoms with E-state index in [1.165, 1.54) is 41.5 Å². The quantitative estimate of drug-likeness (QED) is 0.218. The lowest BCUT2D eigenvalue weighted by Gasteiger charge is -2.48. The Balaban J connectivity index is 2.32. The normalized spacial score (nSPS) is 23.1. The number of carbonyl (C=O) groups excluding carboxylic acids is 5. The van der Waals surface area contributed by atoms with Crippen molar-refractivity contribution in [2.45, 2.75) is 109 Å². The number of carbonyl (C=O) groups is 6. The summed E-state index contributed by atoms with van der Waals surface area (Å²) in [6.07, 6.45) is -4.22. The Morgan fingerprint density at radius 2 is 1.67 bits per heavy atom. The van der Waals surface area contributed by atoms with Gasteiger partial charge in [0.25, 0.3) is 5.91 Å². The van der Waals surface area contributed by atoms with Crippen LogP contribution in [0.25, 0.3) is 0 Å². The molecule has 3 rings (SSSR count). The van der Waals surface area contributed by atoms with E-state index in [2.05, 4.69) is 5.32 Å². The molecule has 0 spiro atoms. The van der Waals surface area contributed by atoms with Crippen LogP contribution in [0.2, 0.25) is 0 Å². The van der Waals surface area contributed by atoms with Gasteiger partial charge in [0.05, 0.1) is 26.1 Å². The number of aryl methyl sites for hydroxylation is 1. The van der Waals surface area contributed by atoms with Gasteiger partial charge in [-0.05, 0) is 79.3 Å². The Morgan fingerprint density at radius 3 is 2.17 bits per heavy atom. The van der Waals surface area contributed by atoms with Crippen LogP contribution < -0.4 is 11.1 Å². The van der Waals surface area contributed by atoms with Crippen LogP contribution in [0.15, 0.2) is 30.3 Å². The second kappa shape index (κ2) is 14.7. The topological polar surface area (TPSA) is 206 Å². The highest BCUT2D eigenvalue weighted by Gasteiger charge is 2.72. The maximum absolute atomic E-state index is 14.5. The number of quaternary nitrogens is 1. The third-order valence-corrected chi connectivity index (χ3v) is 8.56. The first-order valence-electron chi connectivity index (χ1n) is 16.1. The zero-order chi connectivity index (χ0) is 36.2. The van der Waals surface area contributed by atoms with Crippen molar-refractivity contribution in [3.05, 3.63) is 35.9 Å². The zero-order valence-electron chi connectivity index (χ0n) is 28.9. The fourth-order valence-electron chi connectivity index (χ4n) is 6.13. The van der Waals surface area contributed by atoms with Crippen LogP contribution >= 0.6 is 0 Å². The molecule has 0 radical (unpaired) electrons. The van der Waals surface area contributed by atoms with E-state index in [0.29, 0.717) is 24.3 Å². The minimum Gasteiger partial charge on any atom is -0.480 e. The van der Waals surface area contributed by atoms with Gasteiger partial charge >= 0.3 is 24.1 Å². The smallest absolute Gasteiger partial charge is 0.480 e. The number of hydrogen-bond donors (Lipinski definition) is 4. The van der Waals surface area contributed by atoms with Gasteiger partial charge in [-0.15, -0.1) is 4.48 Å². The average Bonchev–Trinajstić information content (AvgIpc) is 3.67. The highest BCUT2D eigenvalue weighted by Crippen LogP contribution is 2.43. The minimum atomic E-state index is -2.48. The number of amides is 5. The molecule has 15 nitrogen and oxygen atoms in total. The van der Waals surface area contributed by atoms with E-state index in [4.69, 9.17) is 15.2 Å². The van der Waals surface area contributed by atoms with E-state index in [1.54, 1.807) is 30.3 Å². The van der Waals surface area contributed by atoms with E-state index in [0.717, 1.165) is 17.5 Å². The molecule has 266 valence electrons. The number of rotatable bonds is 9. The van der Waals surface area contributed by atoms with Gasteiger partial charge in [0.1, 0.15) is 29.9 Å². The lowest BCUT2D eigenvalue weighted by atomic mass is 9.96. The van der Waals surface area contributed by atoms with Crippen LogP contribution in [0, 0.1) is 0 Å². The second-order valence-electron chi connectivity index (χ2n) is 14.4. The largest absolute Gasteiger partial charge is 0.526 e. The highest BCUT2D eigenvalue weighted by molar-refractivity contribution is 5.97. The minimum absolute atomic E-state index is 0.184. The van der Waals surface area contributed by atoms with Gasteiger partial charge in [0.2, 0.25) is 11.6 Å². The van der Waals surface area contributed by atoms with Crippen molar-refractivity contribution in [3.8, 4) is 0 Å². The number of imide groups is 2. The lowest BCUT2D eigenvalue weighted by molar-refractivity contribution is -0.830. The van der Waals surface area contributed by atoms with Crippen molar-refractivity contribution in [2.75, 3.05) is 26.7 Å². The Morgan fingerprint density at radius 1 is 1.06 bits per heavy atom. The molecule has 1 aromatic carbocycles. The average molecular weight is 677 g/mol. The van der Waals surface area contributed by atoms with Crippen LogP contribution in [0.1, 0.15) is 72.8 Å². The maximum Gasteiger partial charge on any atom is 0.526 e. The third kappa shape index (κ3) is 8.20. The molecule has 48 heavy (non-hydrogen) atoms. The molecule has 0 aliphatic carbocycles. The number of benzene rings is 1. The van der Waals surface area contributed by atoms with Crippen LogP contribution in [0.5, 0.6) is 0 Å². The highest BCUT2D eigenvalue weighted by atomic mass is 16.6. The number of likely N-dealkylation sites (tertiary alicyclic amines) is 1. The summed E-state index contributed by atoms with van der Waals surface area (Å²) in [6, 6.07) is 6.45. The van der Waals surface area contributed by atoms with E-state index < -0.39 is 94.9 Å². The first kappa shape index (κ1) is 38.5. The molecule has 0 bridgehead atoms. The fraction of sp³-hybridized carbons (Fsp3) is 0.636. The van der Waals surface area contributed by atoms with Gasteiger partial charge in [-0.25, -0.2) is 14.4 Å². The van der Waals surface area contributed by atoms with Crippen LogP contribution in [-0.4, -0.2) is 122 Å². The van der Waals surface area contributed by atoms with E-state index in [1.807, 2.05) is 0 Å². The molecule has 2 fully saturated rings. The molecule has 2 aliphatic heterocycles. The fourth-order valence-corrected chi connectivity index (χ4v) is 6.13. The number of likely N-dealkylation sites (N-methyl/N-ethyl adjacent to an activating group) is 1. The first-order chi connectivity index (χ1) is 22.2. The maximum atomic E-state index is 14.5. The molecule has 5 amide bonds. The summed E-state index contributed by atoms with van der Waals surface area (Å²) in [4.78, 5) is 85.1. The molecular formula is C33H50N5O10+. The van der Waals surface area contributed by atoms with Gasteiger partial charge in [-0.3, -0.25) is 9.59 Å². The van der Waals surface area contributed by atoms with Crippen molar-refractivity contribution in [1.82, 2.24) is 15.1 Å². The summed E-state index contributed by atoms with van der Waals surface area (Å²) in [7, 11) is 1.07. The van der Waals surface area contributed by atoms with Gasteiger partial charge in [0, 0.05) is 0 Å². The molecule has 1 aromatic rings. The molecule has 2 heterocycles. The van der Waals surface area contributed by atoms with Crippen molar-refractivity contribution < 1.29 is 52.9 Å². The molecule has 2 saturated heterocycles. The Hall–Kier alpha value is -3.92. The number of hydrogen-bond acceptors (Lipinski definition) is 11. The molecule has 5 N–H and O–H groups in total. The SMILES string of the molecule is CC(C)(C)OC(=O)N(C(=O)[C@H](O)CCc1ccccc1)[C@]1([N+](C)(C(=O)CN)C(=O)OC(C)(C)C)C[C@@H](C(=O)O)N(C(=O)[C@@H]2CCCN2)C1. The van der Waals surface area contributed by atoms with Crippen LogP contribution in [0.3, 0.4) is 0 Å². The second-order valence-corrected chi connectivity index (χ2v) is 14.4. The van der Waals surface area contributed by atoms with E-state index in [9.17, 15) is 39.0 Å². The predicted molar refractivity (Wildman–Crippen MR) is 172 cm³/mol. The molecule has 1 unspecified atom stereocenters. The number of aliphatic carboxylic acids is 1. The molecule has 0 aromatic heterocycles. The number of nitrogens with zero attached hydrogens (tertiary/aromatic N) is 3. The van der Waals surface area contributed by atoms with Crippen LogP contribution in [-0.2, 0) is 35.1 Å². The van der Waals surface area contributed by atoms with E-state index in [-0.39, 0.29) is 12.8 Å². The number of aliphatic hydroxyl groups is 1. The van der Waals surface area contributed by atoms with Gasteiger partial charge in [-0.1, -0.05) is 30.3 Å². The van der Waals surface area contributed by atoms with Gasteiger partial charge < -0.3 is 35.6 Å². The van der Waals surface area contributed by atoms with Crippen molar-refractivity contribution in [3.63, 3.8) is 0 Å². The Labute approximate surface area is 280 Å². The Bertz CT molecular complexity index is 1390. The zero-order valence-corrected chi connectivity index (χ0v) is 28.9. The molecular weight excluding hydrogens is 626 g/mol. The van der Waals surface area contributed by atoms with Crippen molar-refractivity contribution in [1.29, 1.82) is 0 Å². The Kier molecular flexibility index (Phi) is 11.8. The van der Waals surface area contributed by atoms with Crippen molar-refractivity contribution >= 4 is 35.9 Å². The third-order valence-electron chi connectivity index (χ3n) is 8.56. The summed E-state index contributed by atoms with van der Waals surface area (Å²) in [6.45, 7) is 8.11. The molecule has 0 saturated carbocycles. The van der Waals surface area contributed by atoms with Gasteiger partial charge in [-0.2, -0.15) is 9.69 Å². The van der Waals surface area contributed by atoms with Crippen LogP contribution in [0.4, 0.5) is 9.59 Å². The number of aliphatic hydroxyl groups excluding tert-OH is 1. The predicted octanol–water partition coefficient (Wildman–Crippen LogP) is 1.74. The van der Waals surface area contributed by atoms with Crippen molar-refractivity contribution in [2.24, 2.45) is 5.73 Å². The summed E-state index contributed by atoms with van der Waals surface area (Å²) >= 11 is 0. The standard InChI is InChI=1S/C33H49N5O10/c1-31(2,3)47-29(45)37(27(42)24(39)16-15-21-12-9-8-10-13-21)33(38(7,25(40)19-34)30(46)48-32(4,5)6)18-23(28(43)44)36(20-33)26(41)22-14-11-17-35-22/h8-10,12-13,22-24,35,39H,11,14-20,34H2,1-7H3/p+1/t22-,23-,24+,33-,38?/m0/s1. The number of carboxylic acid groups (broad SMARTS) is 1. The molecule has 2 aliphatic rings. The molecule has 15 heteroatoms. The summed E-state index contributed by atoms with van der Waals surface area (Å²) in [5.74, 6) is -4.45. The van der Waals surface area contributed by atoms with E-state index >= 15 is 0 Å².